The van der Waals surface area contributed by atoms with Crippen molar-refractivity contribution in [2.45, 2.75) is 26.2 Å². The second-order valence-corrected chi connectivity index (χ2v) is 7.40. The Balaban J connectivity index is 1.86. The SMILES string of the molecule is CC(C)(C)c1ccc(-c2ccc3ccc4ccccc4c3c2)nc1. The minimum Gasteiger partial charge on any atom is -0.256 e. The van der Waals surface area contributed by atoms with Crippen LogP contribution in [0.2, 0.25) is 0 Å². The van der Waals surface area contributed by atoms with Gasteiger partial charge < -0.3 is 0 Å². The lowest BCUT2D eigenvalue weighted by atomic mass is 9.88. The summed E-state index contributed by atoms with van der Waals surface area (Å²) in [6.45, 7) is 6.64. The molecule has 0 fully saturated rings. The molecule has 0 spiro atoms. The van der Waals surface area contributed by atoms with Gasteiger partial charge in [0.05, 0.1) is 5.69 Å². The highest BCUT2D eigenvalue weighted by Gasteiger charge is 2.14. The molecule has 0 atom stereocenters. The summed E-state index contributed by atoms with van der Waals surface area (Å²) in [5.74, 6) is 0. The summed E-state index contributed by atoms with van der Waals surface area (Å²) in [6.07, 6.45) is 2.00. The highest BCUT2D eigenvalue weighted by Crippen LogP contribution is 2.30. The van der Waals surface area contributed by atoms with E-state index in [-0.39, 0.29) is 5.41 Å². The van der Waals surface area contributed by atoms with Crippen molar-refractivity contribution in [3.8, 4) is 11.3 Å². The molecule has 1 heterocycles. The van der Waals surface area contributed by atoms with Crippen molar-refractivity contribution in [1.29, 1.82) is 0 Å². The molecular formula is C23H21N. The minimum absolute atomic E-state index is 0.130. The number of fused-ring (bicyclic) bond motifs is 3. The summed E-state index contributed by atoms with van der Waals surface area (Å²) >= 11 is 0. The number of hydrogen-bond acceptors (Lipinski definition) is 1. The lowest BCUT2D eigenvalue weighted by molar-refractivity contribution is 0.587. The van der Waals surface area contributed by atoms with Gasteiger partial charge in [-0.1, -0.05) is 75.4 Å². The molecule has 1 heteroatoms. The van der Waals surface area contributed by atoms with E-state index in [1.165, 1.54) is 32.7 Å². The third-order valence-corrected chi connectivity index (χ3v) is 4.67. The Morgan fingerprint density at radius 3 is 2.12 bits per heavy atom. The van der Waals surface area contributed by atoms with Gasteiger partial charge in [0.15, 0.2) is 0 Å². The van der Waals surface area contributed by atoms with E-state index in [1.807, 2.05) is 6.20 Å². The fourth-order valence-corrected chi connectivity index (χ4v) is 3.17. The van der Waals surface area contributed by atoms with E-state index in [0.29, 0.717) is 0 Å². The summed E-state index contributed by atoms with van der Waals surface area (Å²) in [6, 6.07) is 23.9. The van der Waals surface area contributed by atoms with Crippen LogP contribution in [0.1, 0.15) is 26.3 Å². The van der Waals surface area contributed by atoms with Crippen LogP contribution in [0.25, 0.3) is 32.8 Å². The van der Waals surface area contributed by atoms with Gasteiger partial charge in [0, 0.05) is 11.8 Å². The third-order valence-electron chi connectivity index (χ3n) is 4.67. The van der Waals surface area contributed by atoms with E-state index in [4.69, 9.17) is 4.98 Å². The number of rotatable bonds is 1. The van der Waals surface area contributed by atoms with E-state index < -0.39 is 0 Å². The smallest absolute Gasteiger partial charge is 0.0702 e. The van der Waals surface area contributed by atoms with Crippen molar-refractivity contribution in [1.82, 2.24) is 4.98 Å². The zero-order chi connectivity index (χ0) is 16.7. The molecule has 118 valence electrons. The van der Waals surface area contributed by atoms with E-state index in [1.54, 1.807) is 0 Å². The van der Waals surface area contributed by atoms with Gasteiger partial charge in [-0.05, 0) is 44.7 Å². The monoisotopic (exact) mass is 311 g/mol. The highest BCUT2D eigenvalue weighted by molar-refractivity contribution is 6.08. The summed E-state index contributed by atoms with van der Waals surface area (Å²) in [4.78, 5) is 4.70. The second-order valence-electron chi connectivity index (χ2n) is 7.40. The first kappa shape index (κ1) is 14.9. The van der Waals surface area contributed by atoms with Crippen LogP contribution in [0, 0.1) is 0 Å². The summed E-state index contributed by atoms with van der Waals surface area (Å²) in [5.41, 5.74) is 3.58. The van der Waals surface area contributed by atoms with E-state index in [2.05, 4.69) is 87.5 Å². The molecule has 0 saturated heterocycles. The molecule has 0 aliphatic carbocycles. The summed E-state index contributed by atoms with van der Waals surface area (Å²) in [5, 5.41) is 5.12. The van der Waals surface area contributed by atoms with Crippen molar-refractivity contribution < 1.29 is 0 Å². The van der Waals surface area contributed by atoms with Crippen LogP contribution in [0.5, 0.6) is 0 Å². The fraction of sp³-hybridized carbons (Fsp3) is 0.174. The molecule has 0 radical (unpaired) electrons. The summed E-state index contributed by atoms with van der Waals surface area (Å²) < 4.78 is 0. The fourth-order valence-electron chi connectivity index (χ4n) is 3.17. The Kier molecular flexibility index (Phi) is 3.38. The predicted molar refractivity (Wildman–Crippen MR) is 103 cm³/mol. The van der Waals surface area contributed by atoms with Gasteiger partial charge in [-0.15, -0.1) is 0 Å². The van der Waals surface area contributed by atoms with Crippen molar-refractivity contribution in [3.05, 3.63) is 78.5 Å². The maximum Gasteiger partial charge on any atom is 0.0702 e. The van der Waals surface area contributed by atoms with Gasteiger partial charge in [-0.25, -0.2) is 0 Å². The second kappa shape index (κ2) is 5.45. The number of benzene rings is 3. The van der Waals surface area contributed by atoms with Gasteiger partial charge in [0.25, 0.3) is 0 Å². The van der Waals surface area contributed by atoms with Crippen molar-refractivity contribution >= 4 is 21.5 Å². The Morgan fingerprint density at radius 2 is 1.42 bits per heavy atom. The van der Waals surface area contributed by atoms with E-state index in [9.17, 15) is 0 Å². The first-order valence-corrected chi connectivity index (χ1v) is 8.41. The van der Waals surface area contributed by atoms with Crippen LogP contribution in [-0.4, -0.2) is 4.98 Å². The Hall–Kier alpha value is -2.67. The number of nitrogens with zero attached hydrogens (tertiary/aromatic N) is 1. The molecule has 1 nitrogen and oxygen atoms in total. The van der Waals surface area contributed by atoms with Gasteiger partial charge >= 0.3 is 0 Å². The maximum atomic E-state index is 4.70. The Bertz CT molecular complexity index is 1020. The van der Waals surface area contributed by atoms with Gasteiger partial charge in [0.1, 0.15) is 0 Å². The van der Waals surface area contributed by atoms with E-state index >= 15 is 0 Å². The Morgan fingerprint density at radius 1 is 0.708 bits per heavy atom. The molecule has 4 rings (SSSR count). The van der Waals surface area contributed by atoms with Crippen LogP contribution in [-0.2, 0) is 5.41 Å². The minimum atomic E-state index is 0.130. The quantitative estimate of drug-likeness (QED) is 0.373. The van der Waals surface area contributed by atoms with Crippen LogP contribution in [0.4, 0.5) is 0 Å². The Labute approximate surface area is 143 Å². The maximum absolute atomic E-state index is 4.70. The zero-order valence-corrected chi connectivity index (χ0v) is 14.4. The van der Waals surface area contributed by atoms with Crippen molar-refractivity contribution in [2.24, 2.45) is 0 Å². The highest BCUT2D eigenvalue weighted by atomic mass is 14.7. The number of hydrogen-bond donors (Lipinski definition) is 0. The molecule has 4 aromatic rings. The zero-order valence-electron chi connectivity index (χ0n) is 14.4. The summed E-state index contributed by atoms with van der Waals surface area (Å²) in [7, 11) is 0. The van der Waals surface area contributed by atoms with Gasteiger partial charge in [-0.3, -0.25) is 4.98 Å². The van der Waals surface area contributed by atoms with E-state index in [0.717, 1.165) is 5.69 Å². The molecule has 24 heavy (non-hydrogen) atoms. The first-order chi connectivity index (χ1) is 11.5. The largest absolute Gasteiger partial charge is 0.256 e. The van der Waals surface area contributed by atoms with Gasteiger partial charge in [0.2, 0.25) is 0 Å². The average molecular weight is 311 g/mol. The molecular weight excluding hydrogens is 290 g/mol. The number of pyridine rings is 1. The predicted octanol–water partition coefficient (Wildman–Crippen LogP) is 6.35. The normalized spacial score (nSPS) is 12.0. The van der Waals surface area contributed by atoms with Crippen LogP contribution >= 0.6 is 0 Å². The standard InChI is InChI=1S/C23H21N/c1-23(2,3)19-12-13-22(24-15-19)18-11-10-17-9-8-16-6-4-5-7-20(16)21(17)14-18/h4-15H,1-3H3. The molecule has 0 saturated carbocycles. The van der Waals surface area contributed by atoms with Gasteiger partial charge in [-0.2, -0.15) is 0 Å². The molecule has 0 aliphatic rings. The lowest BCUT2D eigenvalue weighted by Gasteiger charge is -2.18. The molecule has 1 aromatic heterocycles. The first-order valence-electron chi connectivity index (χ1n) is 8.41. The molecule has 0 unspecified atom stereocenters. The van der Waals surface area contributed by atoms with Crippen LogP contribution < -0.4 is 0 Å². The molecule has 0 N–H and O–H groups in total. The van der Waals surface area contributed by atoms with Crippen molar-refractivity contribution in [2.75, 3.05) is 0 Å². The molecule has 0 aliphatic heterocycles. The topological polar surface area (TPSA) is 12.9 Å². The molecule has 0 bridgehead atoms. The van der Waals surface area contributed by atoms with Crippen LogP contribution in [0.3, 0.4) is 0 Å². The lowest BCUT2D eigenvalue weighted by Crippen LogP contribution is -2.11. The van der Waals surface area contributed by atoms with Crippen molar-refractivity contribution in [3.63, 3.8) is 0 Å². The third kappa shape index (κ3) is 2.56. The van der Waals surface area contributed by atoms with Crippen LogP contribution in [0.15, 0.2) is 72.9 Å². The number of aromatic nitrogens is 1. The molecule has 3 aromatic carbocycles. The molecule has 0 amide bonds. The average Bonchev–Trinajstić information content (AvgIpc) is 2.60.